The van der Waals surface area contributed by atoms with Crippen LogP contribution in [0.1, 0.15) is 12.5 Å². The number of hydrogen-bond acceptors (Lipinski definition) is 5. The number of anilines is 2. The number of amides is 4. The van der Waals surface area contributed by atoms with Crippen molar-refractivity contribution in [2.45, 2.75) is 6.92 Å². The van der Waals surface area contributed by atoms with Crippen molar-refractivity contribution < 1.29 is 19.1 Å². The summed E-state index contributed by atoms with van der Waals surface area (Å²) >= 11 is 0. The third-order valence-electron chi connectivity index (χ3n) is 4.23. The van der Waals surface area contributed by atoms with Crippen LogP contribution < -0.4 is 19.9 Å². The topological polar surface area (TPSA) is 79.0 Å². The van der Waals surface area contributed by atoms with Gasteiger partial charge in [-0.2, -0.15) is 0 Å². The molecule has 0 saturated carbocycles. The van der Waals surface area contributed by atoms with Crippen LogP contribution in [0.4, 0.5) is 16.2 Å². The van der Waals surface area contributed by atoms with Crippen LogP contribution in [-0.2, 0) is 9.59 Å². The lowest BCUT2D eigenvalue weighted by Crippen LogP contribution is -2.54. The zero-order valence-corrected chi connectivity index (χ0v) is 15.9. The molecule has 0 unspecified atom stereocenters. The number of carbonyl (C=O) groups is 3. The molecular weight excluding hydrogens is 358 g/mol. The number of ether oxygens (including phenoxy) is 1. The van der Waals surface area contributed by atoms with Gasteiger partial charge in [-0.25, -0.2) is 9.69 Å². The monoisotopic (exact) mass is 379 g/mol. The van der Waals surface area contributed by atoms with Crippen molar-refractivity contribution in [3.63, 3.8) is 0 Å². The van der Waals surface area contributed by atoms with Crippen molar-refractivity contribution in [3.8, 4) is 5.75 Å². The number of hydrogen-bond donors (Lipinski definition) is 1. The van der Waals surface area contributed by atoms with E-state index >= 15 is 0 Å². The van der Waals surface area contributed by atoms with Gasteiger partial charge in [-0.15, -0.1) is 0 Å². The van der Waals surface area contributed by atoms with E-state index in [2.05, 4.69) is 5.32 Å². The highest BCUT2D eigenvalue weighted by Gasteiger charge is 2.36. The smallest absolute Gasteiger partial charge is 0.335 e. The second-order valence-electron chi connectivity index (χ2n) is 6.37. The molecule has 1 N–H and O–H groups in total. The molecule has 1 aliphatic heterocycles. The standard InChI is InChI=1S/C21H21N3O4/c1-4-28-17-11-9-16(10-12-17)24-20(26)18(19(25)22-21(24)27)13-14-5-7-15(8-6-14)23(2)3/h5-13H,4H2,1-3H3,(H,22,25,27)/b18-13+. The molecule has 0 bridgehead atoms. The first-order valence-corrected chi connectivity index (χ1v) is 8.82. The first-order chi connectivity index (χ1) is 13.4. The van der Waals surface area contributed by atoms with Gasteiger partial charge in [0, 0.05) is 19.8 Å². The summed E-state index contributed by atoms with van der Waals surface area (Å²) in [6, 6.07) is 13.1. The minimum atomic E-state index is -0.778. The van der Waals surface area contributed by atoms with E-state index in [1.807, 2.05) is 38.1 Å². The Hall–Kier alpha value is -3.61. The molecule has 1 heterocycles. The lowest BCUT2D eigenvalue weighted by atomic mass is 10.1. The van der Waals surface area contributed by atoms with Gasteiger partial charge < -0.3 is 9.64 Å². The number of nitrogens with zero attached hydrogens (tertiary/aromatic N) is 2. The summed E-state index contributed by atoms with van der Waals surface area (Å²) in [5.74, 6) is -0.757. The first-order valence-electron chi connectivity index (χ1n) is 8.82. The Balaban J connectivity index is 1.91. The number of rotatable bonds is 5. The van der Waals surface area contributed by atoms with Crippen LogP contribution >= 0.6 is 0 Å². The molecule has 1 aliphatic rings. The molecule has 0 aromatic heterocycles. The van der Waals surface area contributed by atoms with E-state index in [1.165, 1.54) is 6.08 Å². The fourth-order valence-electron chi connectivity index (χ4n) is 2.79. The lowest BCUT2D eigenvalue weighted by Gasteiger charge is -2.26. The summed E-state index contributed by atoms with van der Waals surface area (Å²) in [7, 11) is 3.85. The van der Waals surface area contributed by atoms with Gasteiger partial charge in [0.1, 0.15) is 11.3 Å². The molecule has 7 heteroatoms. The minimum Gasteiger partial charge on any atom is -0.494 e. The maximum atomic E-state index is 12.9. The van der Waals surface area contributed by atoms with E-state index in [0.717, 1.165) is 10.6 Å². The molecule has 2 aromatic carbocycles. The maximum Gasteiger partial charge on any atom is 0.335 e. The molecule has 4 amide bonds. The van der Waals surface area contributed by atoms with E-state index in [4.69, 9.17) is 4.74 Å². The van der Waals surface area contributed by atoms with E-state index in [9.17, 15) is 14.4 Å². The number of imide groups is 2. The zero-order chi connectivity index (χ0) is 20.3. The van der Waals surface area contributed by atoms with Crippen molar-refractivity contribution in [2.24, 2.45) is 0 Å². The Bertz CT molecular complexity index is 931. The largest absolute Gasteiger partial charge is 0.494 e. The first kappa shape index (κ1) is 19.2. The molecule has 0 atom stereocenters. The fourth-order valence-corrected chi connectivity index (χ4v) is 2.79. The Morgan fingerprint density at radius 1 is 1.00 bits per heavy atom. The minimum absolute atomic E-state index is 0.105. The third-order valence-corrected chi connectivity index (χ3v) is 4.23. The molecule has 144 valence electrons. The number of nitrogens with one attached hydrogen (secondary N) is 1. The molecule has 0 spiro atoms. The maximum absolute atomic E-state index is 12.9. The Morgan fingerprint density at radius 3 is 2.21 bits per heavy atom. The molecule has 1 saturated heterocycles. The SMILES string of the molecule is CCOc1ccc(N2C(=O)NC(=O)/C(=C\c3ccc(N(C)C)cc3)C2=O)cc1. The second-order valence-corrected chi connectivity index (χ2v) is 6.37. The van der Waals surface area contributed by atoms with Crippen LogP contribution in [0, 0.1) is 0 Å². The van der Waals surface area contributed by atoms with E-state index in [-0.39, 0.29) is 5.57 Å². The van der Waals surface area contributed by atoms with Crippen molar-refractivity contribution >= 4 is 35.3 Å². The van der Waals surface area contributed by atoms with Crippen LogP contribution in [0.2, 0.25) is 0 Å². The van der Waals surface area contributed by atoms with Crippen molar-refractivity contribution in [3.05, 3.63) is 59.7 Å². The highest BCUT2D eigenvalue weighted by molar-refractivity contribution is 6.39. The van der Waals surface area contributed by atoms with E-state index in [1.54, 1.807) is 36.4 Å². The van der Waals surface area contributed by atoms with Gasteiger partial charge in [0.25, 0.3) is 11.8 Å². The van der Waals surface area contributed by atoms with Gasteiger partial charge >= 0.3 is 6.03 Å². The third kappa shape index (κ3) is 3.88. The molecule has 0 radical (unpaired) electrons. The Morgan fingerprint density at radius 2 is 1.64 bits per heavy atom. The van der Waals surface area contributed by atoms with Crippen LogP contribution in [0.5, 0.6) is 5.75 Å². The van der Waals surface area contributed by atoms with Crippen molar-refractivity contribution in [1.82, 2.24) is 5.32 Å². The number of urea groups is 1. The predicted molar refractivity (Wildman–Crippen MR) is 107 cm³/mol. The van der Waals surface area contributed by atoms with Crippen LogP contribution in [0.25, 0.3) is 6.08 Å². The summed E-state index contributed by atoms with van der Waals surface area (Å²) in [6.07, 6.45) is 1.48. The van der Waals surface area contributed by atoms with Gasteiger partial charge in [0.2, 0.25) is 0 Å². The van der Waals surface area contributed by atoms with Gasteiger partial charge in [0.15, 0.2) is 0 Å². The molecule has 28 heavy (non-hydrogen) atoms. The van der Waals surface area contributed by atoms with E-state index < -0.39 is 17.8 Å². The molecule has 2 aromatic rings. The molecule has 3 rings (SSSR count). The molecule has 0 aliphatic carbocycles. The van der Waals surface area contributed by atoms with Gasteiger partial charge in [-0.05, 0) is 55.0 Å². The number of carbonyl (C=O) groups excluding carboxylic acids is 3. The Kier molecular flexibility index (Phi) is 5.44. The quantitative estimate of drug-likeness (QED) is 0.638. The summed E-state index contributed by atoms with van der Waals surface area (Å²) in [4.78, 5) is 40.2. The van der Waals surface area contributed by atoms with Gasteiger partial charge in [-0.1, -0.05) is 12.1 Å². The van der Waals surface area contributed by atoms with Gasteiger partial charge in [0.05, 0.1) is 12.3 Å². The fraction of sp³-hybridized carbons (Fsp3) is 0.190. The lowest BCUT2D eigenvalue weighted by molar-refractivity contribution is -0.122. The molecular formula is C21H21N3O4. The average molecular weight is 379 g/mol. The van der Waals surface area contributed by atoms with Crippen molar-refractivity contribution in [2.75, 3.05) is 30.5 Å². The second kappa shape index (κ2) is 7.96. The van der Waals surface area contributed by atoms with Crippen LogP contribution in [-0.4, -0.2) is 38.5 Å². The zero-order valence-electron chi connectivity index (χ0n) is 15.9. The highest BCUT2D eigenvalue weighted by Crippen LogP contribution is 2.24. The summed E-state index contributed by atoms with van der Waals surface area (Å²) in [5.41, 5.74) is 1.93. The molecule has 1 fully saturated rings. The number of benzene rings is 2. The molecule has 7 nitrogen and oxygen atoms in total. The normalized spacial score (nSPS) is 15.6. The average Bonchev–Trinajstić information content (AvgIpc) is 2.67. The van der Waals surface area contributed by atoms with Crippen LogP contribution in [0.3, 0.4) is 0 Å². The summed E-state index contributed by atoms with van der Waals surface area (Å²) in [6.45, 7) is 2.37. The Labute approximate surface area is 163 Å². The highest BCUT2D eigenvalue weighted by atomic mass is 16.5. The summed E-state index contributed by atoms with van der Waals surface area (Å²) in [5, 5.41) is 2.22. The predicted octanol–water partition coefficient (Wildman–Crippen LogP) is 2.82. The number of barbiturate groups is 1. The summed E-state index contributed by atoms with van der Waals surface area (Å²) < 4.78 is 5.37. The van der Waals surface area contributed by atoms with Gasteiger partial charge in [-0.3, -0.25) is 14.9 Å². The van der Waals surface area contributed by atoms with Crippen LogP contribution in [0.15, 0.2) is 54.1 Å². The van der Waals surface area contributed by atoms with E-state index in [0.29, 0.717) is 23.6 Å². The van der Waals surface area contributed by atoms with Crippen molar-refractivity contribution in [1.29, 1.82) is 0 Å².